The molecule has 2 N–H and O–H groups in total. The average molecular weight is 351 g/mol. The molecule has 0 saturated carbocycles. The SMILES string of the molecule is COc1ccc(CNC(=O)Nc2cccc(Cl)c2OC)cc1OC. The predicted molar refractivity (Wildman–Crippen MR) is 93.4 cm³/mol. The molecule has 0 spiro atoms. The Morgan fingerprint density at radius 2 is 1.79 bits per heavy atom. The highest BCUT2D eigenvalue weighted by Gasteiger charge is 2.11. The number of urea groups is 1. The number of ether oxygens (including phenoxy) is 3. The Kier molecular flexibility index (Phi) is 6.14. The van der Waals surface area contributed by atoms with Crippen molar-refractivity contribution >= 4 is 23.3 Å². The van der Waals surface area contributed by atoms with Gasteiger partial charge in [0.25, 0.3) is 0 Å². The van der Waals surface area contributed by atoms with Gasteiger partial charge >= 0.3 is 6.03 Å². The Labute approximate surface area is 145 Å². The number of nitrogens with one attached hydrogen (secondary N) is 2. The van der Waals surface area contributed by atoms with Crippen LogP contribution in [-0.4, -0.2) is 27.4 Å². The number of anilines is 1. The summed E-state index contributed by atoms with van der Waals surface area (Å²) >= 11 is 6.03. The van der Waals surface area contributed by atoms with Gasteiger partial charge < -0.3 is 24.8 Å². The summed E-state index contributed by atoms with van der Waals surface area (Å²) in [5.74, 6) is 1.66. The van der Waals surface area contributed by atoms with Crippen molar-refractivity contribution in [1.29, 1.82) is 0 Å². The molecule has 0 fully saturated rings. The van der Waals surface area contributed by atoms with E-state index in [2.05, 4.69) is 10.6 Å². The Morgan fingerprint density at radius 1 is 1.04 bits per heavy atom. The topological polar surface area (TPSA) is 68.8 Å². The van der Waals surface area contributed by atoms with Crippen molar-refractivity contribution < 1.29 is 19.0 Å². The van der Waals surface area contributed by atoms with Crippen molar-refractivity contribution in [3.63, 3.8) is 0 Å². The summed E-state index contributed by atoms with van der Waals surface area (Å²) in [6, 6.07) is 10.2. The number of hydrogen-bond acceptors (Lipinski definition) is 4. The van der Waals surface area contributed by atoms with Gasteiger partial charge in [0.15, 0.2) is 17.2 Å². The molecule has 0 saturated heterocycles. The normalized spacial score (nSPS) is 10.0. The molecule has 0 aliphatic heterocycles. The zero-order valence-corrected chi connectivity index (χ0v) is 14.4. The summed E-state index contributed by atoms with van der Waals surface area (Å²) in [6.07, 6.45) is 0. The van der Waals surface area contributed by atoms with E-state index >= 15 is 0 Å². The van der Waals surface area contributed by atoms with Gasteiger partial charge in [0.1, 0.15) is 0 Å². The van der Waals surface area contributed by atoms with Crippen LogP contribution in [0.15, 0.2) is 36.4 Å². The molecular formula is C17H19ClN2O4. The lowest BCUT2D eigenvalue weighted by atomic mass is 10.2. The van der Waals surface area contributed by atoms with E-state index < -0.39 is 0 Å². The minimum Gasteiger partial charge on any atom is -0.493 e. The summed E-state index contributed by atoms with van der Waals surface area (Å²) in [4.78, 5) is 12.1. The van der Waals surface area contributed by atoms with Crippen LogP contribution < -0.4 is 24.8 Å². The van der Waals surface area contributed by atoms with E-state index in [0.717, 1.165) is 5.56 Å². The third-order valence-corrected chi connectivity index (χ3v) is 3.62. The van der Waals surface area contributed by atoms with Crippen LogP contribution >= 0.6 is 11.6 Å². The first kappa shape index (κ1) is 17.7. The largest absolute Gasteiger partial charge is 0.493 e. The highest BCUT2D eigenvalue weighted by atomic mass is 35.5. The number of benzene rings is 2. The molecule has 128 valence electrons. The fourth-order valence-electron chi connectivity index (χ4n) is 2.15. The van der Waals surface area contributed by atoms with Crippen LogP contribution in [0.4, 0.5) is 10.5 Å². The number of para-hydroxylation sites is 1. The zero-order chi connectivity index (χ0) is 17.5. The molecule has 0 unspecified atom stereocenters. The van der Waals surface area contributed by atoms with E-state index in [4.69, 9.17) is 25.8 Å². The first-order valence-electron chi connectivity index (χ1n) is 7.17. The van der Waals surface area contributed by atoms with Crippen molar-refractivity contribution in [1.82, 2.24) is 5.32 Å². The Balaban J connectivity index is 2.00. The van der Waals surface area contributed by atoms with E-state index in [1.165, 1.54) is 7.11 Å². The molecule has 2 amide bonds. The number of methoxy groups -OCH3 is 3. The van der Waals surface area contributed by atoms with Crippen molar-refractivity contribution in [2.45, 2.75) is 6.54 Å². The molecular weight excluding hydrogens is 332 g/mol. The smallest absolute Gasteiger partial charge is 0.319 e. The second-order valence-electron chi connectivity index (χ2n) is 4.82. The van der Waals surface area contributed by atoms with Gasteiger partial charge in [-0.1, -0.05) is 23.7 Å². The molecule has 0 heterocycles. The number of hydrogen-bond donors (Lipinski definition) is 2. The Hall–Kier alpha value is -2.60. The third kappa shape index (κ3) is 4.23. The summed E-state index contributed by atoms with van der Waals surface area (Å²) in [6.45, 7) is 0.328. The first-order valence-corrected chi connectivity index (χ1v) is 7.55. The minimum atomic E-state index is -0.370. The average Bonchev–Trinajstić information content (AvgIpc) is 2.60. The summed E-state index contributed by atoms with van der Waals surface area (Å²) < 4.78 is 15.6. The fraction of sp³-hybridized carbons (Fsp3) is 0.235. The molecule has 0 aliphatic carbocycles. The zero-order valence-electron chi connectivity index (χ0n) is 13.7. The van der Waals surface area contributed by atoms with Crippen molar-refractivity contribution in [2.75, 3.05) is 26.6 Å². The van der Waals surface area contributed by atoms with E-state index in [-0.39, 0.29) is 6.03 Å². The van der Waals surface area contributed by atoms with Gasteiger partial charge in [-0.05, 0) is 29.8 Å². The second kappa shape index (κ2) is 8.31. The second-order valence-corrected chi connectivity index (χ2v) is 5.22. The number of carbonyl (C=O) groups is 1. The van der Waals surface area contributed by atoms with Crippen LogP contribution in [0.3, 0.4) is 0 Å². The van der Waals surface area contributed by atoms with Crippen LogP contribution in [0, 0.1) is 0 Å². The lowest BCUT2D eigenvalue weighted by Gasteiger charge is -2.13. The van der Waals surface area contributed by atoms with Gasteiger partial charge in [-0.3, -0.25) is 0 Å². The molecule has 0 aliphatic rings. The van der Waals surface area contributed by atoms with Crippen molar-refractivity contribution in [3.05, 3.63) is 47.0 Å². The van der Waals surface area contributed by atoms with Gasteiger partial charge in [-0.25, -0.2) is 4.79 Å². The summed E-state index contributed by atoms with van der Waals surface area (Å²) in [5.41, 5.74) is 1.37. The number of carbonyl (C=O) groups excluding carboxylic acids is 1. The molecule has 2 aromatic rings. The predicted octanol–water partition coefficient (Wildman–Crippen LogP) is 3.69. The highest BCUT2D eigenvalue weighted by Crippen LogP contribution is 2.32. The molecule has 7 heteroatoms. The Morgan fingerprint density at radius 3 is 2.46 bits per heavy atom. The monoisotopic (exact) mass is 350 g/mol. The van der Waals surface area contributed by atoms with Crippen LogP contribution in [-0.2, 0) is 6.54 Å². The quantitative estimate of drug-likeness (QED) is 0.833. The van der Waals surface area contributed by atoms with Crippen LogP contribution in [0.1, 0.15) is 5.56 Å². The number of amides is 2. The van der Waals surface area contributed by atoms with E-state index in [9.17, 15) is 4.79 Å². The first-order chi connectivity index (χ1) is 11.6. The van der Waals surface area contributed by atoms with Gasteiger partial charge in [0, 0.05) is 6.54 Å². The summed E-state index contributed by atoms with van der Waals surface area (Å²) in [7, 11) is 4.63. The van der Waals surface area contributed by atoms with Gasteiger partial charge in [-0.2, -0.15) is 0 Å². The van der Waals surface area contributed by atoms with Crippen LogP contribution in [0.2, 0.25) is 5.02 Å². The van der Waals surface area contributed by atoms with Gasteiger partial charge in [0.2, 0.25) is 0 Å². The van der Waals surface area contributed by atoms with E-state index in [1.54, 1.807) is 44.6 Å². The summed E-state index contributed by atoms with van der Waals surface area (Å²) in [5, 5.41) is 5.90. The number of rotatable bonds is 6. The molecule has 0 radical (unpaired) electrons. The van der Waals surface area contributed by atoms with Crippen LogP contribution in [0.5, 0.6) is 17.2 Å². The maximum absolute atomic E-state index is 12.1. The molecule has 0 bridgehead atoms. The molecule has 6 nitrogen and oxygen atoms in total. The lowest BCUT2D eigenvalue weighted by molar-refractivity contribution is 0.251. The van der Waals surface area contributed by atoms with E-state index in [1.807, 2.05) is 6.07 Å². The maximum Gasteiger partial charge on any atom is 0.319 e. The standard InChI is InChI=1S/C17H19ClN2O4/c1-22-14-8-7-11(9-15(14)23-2)10-19-17(21)20-13-6-4-5-12(18)16(13)24-3/h4-9H,10H2,1-3H3,(H2,19,20,21). The maximum atomic E-state index is 12.1. The molecule has 0 atom stereocenters. The minimum absolute atomic E-state index is 0.328. The van der Waals surface area contributed by atoms with Crippen molar-refractivity contribution in [2.24, 2.45) is 0 Å². The van der Waals surface area contributed by atoms with E-state index in [0.29, 0.717) is 34.5 Å². The molecule has 24 heavy (non-hydrogen) atoms. The molecule has 0 aromatic heterocycles. The molecule has 2 rings (SSSR count). The van der Waals surface area contributed by atoms with Gasteiger partial charge in [-0.15, -0.1) is 0 Å². The highest BCUT2D eigenvalue weighted by molar-refractivity contribution is 6.32. The number of halogens is 1. The van der Waals surface area contributed by atoms with Crippen molar-refractivity contribution in [3.8, 4) is 17.2 Å². The third-order valence-electron chi connectivity index (χ3n) is 3.32. The van der Waals surface area contributed by atoms with Crippen LogP contribution in [0.25, 0.3) is 0 Å². The lowest BCUT2D eigenvalue weighted by Crippen LogP contribution is -2.28. The van der Waals surface area contributed by atoms with Gasteiger partial charge in [0.05, 0.1) is 32.0 Å². The fourth-order valence-corrected chi connectivity index (χ4v) is 2.41. The molecule has 2 aromatic carbocycles. The Bertz CT molecular complexity index is 722.